The third kappa shape index (κ3) is 4.32. The molecule has 6 nitrogen and oxygen atoms in total. The van der Waals surface area contributed by atoms with Crippen LogP contribution in [0.25, 0.3) is 11.0 Å². The van der Waals surface area contributed by atoms with Crippen molar-refractivity contribution in [3.63, 3.8) is 0 Å². The zero-order valence-corrected chi connectivity index (χ0v) is 15.9. The molecule has 0 atom stereocenters. The van der Waals surface area contributed by atoms with Crippen molar-refractivity contribution in [2.24, 2.45) is 0 Å². The van der Waals surface area contributed by atoms with Gasteiger partial charge in [-0.05, 0) is 66.2 Å². The van der Waals surface area contributed by atoms with Crippen molar-refractivity contribution in [2.75, 3.05) is 23.5 Å². The summed E-state index contributed by atoms with van der Waals surface area (Å²) < 4.78 is 10.8. The third-order valence-corrected chi connectivity index (χ3v) is 4.56. The number of carbonyl (C=O) groups excluding carboxylic acids is 1. The van der Waals surface area contributed by atoms with Crippen LogP contribution >= 0.6 is 0 Å². The molecule has 146 valence electrons. The van der Waals surface area contributed by atoms with Crippen LogP contribution in [0, 0.1) is 0 Å². The van der Waals surface area contributed by atoms with E-state index in [1.807, 2.05) is 42.5 Å². The number of amides is 1. The average molecular weight is 387 g/mol. The molecule has 0 spiro atoms. The van der Waals surface area contributed by atoms with Gasteiger partial charge in [0.1, 0.15) is 11.3 Å². The van der Waals surface area contributed by atoms with Crippen LogP contribution in [0.2, 0.25) is 0 Å². The van der Waals surface area contributed by atoms with Gasteiger partial charge in [-0.2, -0.15) is 0 Å². The number of fused-ring (bicyclic) bond motifs is 1. The molecule has 4 aromatic rings. The number of rotatable bonds is 6. The first-order valence-electron chi connectivity index (χ1n) is 9.18. The van der Waals surface area contributed by atoms with Crippen molar-refractivity contribution in [1.29, 1.82) is 0 Å². The lowest BCUT2D eigenvalue weighted by molar-refractivity contribution is 0.0998. The highest BCUT2D eigenvalue weighted by Crippen LogP contribution is 2.24. The third-order valence-electron chi connectivity index (χ3n) is 4.56. The number of nitrogens with one attached hydrogen (secondary N) is 2. The minimum absolute atomic E-state index is 0.256. The molecule has 0 unspecified atom stereocenters. The lowest BCUT2D eigenvalue weighted by Crippen LogP contribution is -2.10. The summed E-state index contributed by atoms with van der Waals surface area (Å²) in [6.45, 7) is 0.675. The van der Waals surface area contributed by atoms with Crippen LogP contribution in [0.15, 0.2) is 77.2 Å². The first-order valence-corrected chi connectivity index (χ1v) is 9.18. The van der Waals surface area contributed by atoms with E-state index < -0.39 is 0 Å². The maximum Gasteiger partial charge on any atom is 0.291 e. The van der Waals surface area contributed by atoms with Gasteiger partial charge < -0.3 is 25.5 Å². The van der Waals surface area contributed by atoms with E-state index in [0.717, 1.165) is 28.1 Å². The van der Waals surface area contributed by atoms with Crippen molar-refractivity contribution in [1.82, 2.24) is 0 Å². The second-order valence-corrected chi connectivity index (χ2v) is 6.64. The number of ether oxygens (including phenoxy) is 1. The maximum atomic E-state index is 12.5. The Hall–Kier alpha value is -3.93. The second-order valence-electron chi connectivity index (χ2n) is 6.64. The molecule has 29 heavy (non-hydrogen) atoms. The number of anilines is 3. The molecule has 0 fully saturated rings. The normalized spacial score (nSPS) is 10.7. The van der Waals surface area contributed by atoms with Crippen LogP contribution in [0.1, 0.15) is 16.1 Å². The molecular formula is C23H21N3O3. The van der Waals surface area contributed by atoms with Gasteiger partial charge in [-0.1, -0.05) is 12.1 Å². The molecule has 4 N–H and O–H groups in total. The number of hydrogen-bond donors (Lipinski definition) is 3. The van der Waals surface area contributed by atoms with Gasteiger partial charge in [0.05, 0.1) is 7.11 Å². The first kappa shape index (κ1) is 18.4. The molecule has 0 saturated heterocycles. The fraction of sp³-hybridized carbons (Fsp3) is 0.0870. The monoisotopic (exact) mass is 387 g/mol. The van der Waals surface area contributed by atoms with Crippen LogP contribution in [0.4, 0.5) is 17.1 Å². The van der Waals surface area contributed by atoms with Gasteiger partial charge in [0.25, 0.3) is 5.91 Å². The van der Waals surface area contributed by atoms with E-state index in [2.05, 4.69) is 10.6 Å². The Morgan fingerprint density at radius 3 is 2.41 bits per heavy atom. The van der Waals surface area contributed by atoms with Crippen molar-refractivity contribution in [3.05, 3.63) is 84.1 Å². The van der Waals surface area contributed by atoms with Gasteiger partial charge in [0, 0.05) is 29.0 Å². The second kappa shape index (κ2) is 7.98. The van der Waals surface area contributed by atoms with Crippen molar-refractivity contribution in [3.8, 4) is 5.75 Å². The van der Waals surface area contributed by atoms with E-state index >= 15 is 0 Å². The summed E-state index contributed by atoms with van der Waals surface area (Å²) in [5.74, 6) is 0.681. The minimum Gasteiger partial charge on any atom is -0.497 e. The topological polar surface area (TPSA) is 89.5 Å². The molecule has 1 amide bonds. The molecule has 0 bridgehead atoms. The largest absolute Gasteiger partial charge is 0.497 e. The summed E-state index contributed by atoms with van der Waals surface area (Å²) in [6.07, 6.45) is 0. The quantitative estimate of drug-likeness (QED) is 0.410. The van der Waals surface area contributed by atoms with Crippen LogP contribution in [-0.2, 0) is 6.54 Å². The summed E-state index contributed by atoms with van der Waals surface area (Å²) in [4.78, 5) is 12.5. The molecule has 1 aromatic heterocycles. The van der Waals surface area contributed by atoms with E-state index in [-0.39, 0.29) is 11.7 Å². The van der Waals surface area contributed by atoms with Crippen molar-refractivity contribution >= 4 is 33.9 Å². The molecule has 0 aliphatic rings. The fourth-order valence-electron chi connectivity index (χ4n) is 2.97. The number of furan rings is 1. The summed E-state index contributed by atoms with van der Waals surface area (Å²) in [6, 6.07) is 22.3. The van der Waals surface area contributed by atoms with Gasteiger partial charge in [-0.15, -0.1) is 0 Å². The van der Waals surface area contributed by atoms with Crippen LogP contribution < -0.4 is 21.1 Å². The van der Waals surface area contributed by atoms with Crippen LogP contribution in [-0.4, -0.2) is 13.0 Å². The van der Waals surface area contributed by atoms with Crippen molar-refractivity contribution in [2.45, 2.75) is 6.54 Å². The fourth-order valence-corrected chi connectivity index (χ4v) is 2.97. The number of benzene rings is 3. The highest BCUT2D eigenvalue weighted by atomic mass is 16.5. The predicted molar refractivity (Wildman–Crippen MR) is 115 cm³/mol. The summed E-state index contributed by atoms with van der Waals surface area (Å²) in [5, 5.41) is 7.04. The number of hydrogen-bond acceptors (Lipinski definition) is 5. The average Bonchev–Trinajstić information content (AvgIpc) is 3.17. The smallest absolute Gasteiger partial charge is 0.291 e. The SMILES string of the molecule is COc1ccc(NC(=O)c2cc3cc(NCc4ccc(N)cc4)ccc3o2)cc1. The van der Waals surface area contributed by atoms with Crippen molar-refractivity contribution < 1.29 is 13.9 Å². The van der Waals surface area contributed by atoms with Gasteiger partial charge in [-0.25, -0.2) is 0 Å². The summed E-state index contributed by atoms with van der Waals surface area (Å²) in [7, 11) is 1.60. The zero-order chi connectivity index (χ0) is 20.2. The van der Waals surface area contributed by atoms with Gasteiger partial charge in [0.15, 0.2) is 5.76 Å². The molecule has 6 heteroatoms. The van der Waals surface area contributed by atoms with E-state index in [0.29, 0.717) is 17.8 Å². The summed E-state index contributed by atoms with van der Waals surface area (Å²) in [5.41, 5.74) is 9.86. The standard InChI is InChI=1S/C23H21N3O3/c1-28-20-9-6-18(7-10-20)26-23(27)22-13-16-12-19(8-11-21(16)29-22)25-14-15-2-4-17(24)5-3-15/h2-13,25H,14,24H2,1H3,(H,26,27). The lowest BCUT2D eigenvalue weighted by Gasteiger charge is -2.06. The summed E-state index contributed by atoms with van der Waals surface area (Å²) >= 11 is 0. The molecule has 1 heterocycles. The Bertz CT molecular complexity index is 1130. The molecule has 0 aliphatic carbocycles. The molecule has 0 aliphatic heterocycles. The molecule has 0 radical (unpaired) electrons. The van der Waals surface area contributed by atoms with Crippen LogP contribution in [0.5, 0.6) is 5.75 Å². The molecular weight excluding hydrogens is 366 g/mol. The molecule has 4 rings (SSSR count). The number of carbonyl (C=O) groups is 1. The number of nitrogen functional groups attached to an aromatic ring is 1. The van der Waals surface area contributed by atoms with E-state index in [1.165, 1.54) is 0 Å². The maximum absolute atomic E-state index is 12.5. The zero-order valence-electron chi connectivity index (χ0n) is 15.9. The van der Waals surface area contributed by atoms with Gasteiger partial charge >= 0.3 is 0 Å². The Balaban J connectivity index is 1.45. The van der Waals surface area contributed by atoms with Crippen LogP contribution in [0.3, 0.4) is 0 Å². The Morgan fingerprint density at radius 1 is 0.966 bits per heavy atom. The Kier molecular flexibility index (Phi) is 5.07. The van der Waals surface area contributed by atoms with E-state index in [4.69, 9.17) is 14.9 Å². The first-order chi connectivity index (χ1) is 14.1. The molecule has 0 saturated carbocycles. The van der Waals surface area contributed by atoms with E-state index in [1.54, 1.807) is 37.4 Å². The van der Waals surface area contributed by atoms with Gasteiger partial charge in [-0.3, -0.25) is 4.79 Å². The molecule has 3 aromatic carbocycles. The number of methoxy groups -OCH3 is 1. The Morgan fingerprint density at radius 2 is 1.69 bits per heavy atom. The Labute approximate surface area is 168 Å². The predicted octanol–water partition coefficient (Wildman–Crippen LogP) is 4.89. The lowest BCUT2D eigenvalue weighted by atomic mass is 10.2. The highest BCUT2D eigenvalue weighted by Gasteiger charge is 2.13. The minimum atomic E-state index is -0.303. The van der Waals surface area contributed by atoms with E-state index in [9.17, 15) is 4.79 Å². The number of nitrogens with two attached hydrogens (primary N) is 1. The highest BCUT2D eigenvalue weighted by molar-refractivity contribution is 6.04. The van der Waals surface area contributed by atoms with Gasteiger partial charge in [0.2, 0.25) is 0 Å².